The molecule has 6 nitrogen and oxygen atoms in total. The summed E-state index contributed by atoms with van der Waals surface area (Å²) in [5, 5.41) is 9.74. The van der Waals surface area contributed by atoms with E-state index in [1.165, 1.54) is 4.90 Å². The molecule has 1 amide bonds. The van der Waals surface area contributed by atoms with Crippen LogP contribution >= 0.6 is 0 Å². The zero-order valence-electron chi connectivity index (χ0n) is 16.5. The highest BCUT2D eigenvalue weighted by Crippen LogP contribution is 2.45. The molecule has 1 N–H and O–H groups in total. The first kappa shape index (κ1) is 18.9. The lowest BCUT2D eigenvalue weighted by Crippen LogP contribution is -2.44. The molecule has 0 radical (unpaired) electrons. The number of carbonyl (C=O) groups is 3. The van der Waals surface area contributed by atoms with Gasteiger partial charge in [0.05, 0.1) is 0 Å². The molecule has 0 spiro atoms. The summed E-state index contributed by atoms with van der Waals surface area (Å²) in [6.07, 6.45) is 0.657. The molecule has 1 aliphatic heterocycles. The normalized spacial score (nSPS) is 24.9. The topological polar surface area (TPSA) is 83.9 Å². The number of carboxylic acids is 1. The van der Waals surface area contributed by atoms with Crippen LogP contribution in [-0.4, -0.2) is 47.0 Å². The predicted octanol–water partition coefficient (Wildman–Crippen LogP) is 3.69. The molecule has 0 aromatic heterocycles. The maximum atomic E-state index is 12.9. The monoisotopic (exact) mass is 405 g/mol. The van der Waals surface area contributed by atoms with Gasteiger partial charge in [-0.1, -0.05) is 48.5 Å². The third-order valence-electron chi connectivity index (χ3n) is 6.85. The molecule has 6 heteroatoms. The van der Waals surface area contributed by atoms with Crippen LogP contribution in [0.1, 0.15) is 36.3 Å². The van der Waals surface area contributed by atoms with Crippen molar-refractivity contribution in [2.45, 2.75) is 31.2 Å². The summed E-state index contributed by atoms with van der Waals surface area (Å²) in [5.74, 6) is -1.22. The van der Waals surface area contributed by atoms with E-state index in [-0.39, 0.29) is 36.7 Å². The minimum absolute atomic E-state index is 0.0731. The molecule has 1 heterocycles. The minimum Gasteiger partial charge on any atom is -0.480 e. The fourth-order valence-corrected chi connectivity index (χ4v) is 5.50. The van der Waals surface area contributed by atoms with E-state index in [1.54, 1.807) is 0 Å². The van der Waals surface area contributed by atoms with Gasteiger partial charge < -0.3 is 9.84 Å². The van der Waals surface area contributed by atoms with Crippen molar-refractivity contribution in [3.05, 3.63) is 59.7 Å². The van der Waals surface area contributed by atoms with Gasteiger partial charge in [-0.15, -0.1) is 0 Å². The molecule has 0 unspecified atom stereocenters. The summed E-state index contributed by atoms with van der Waals surface area (Å²) in [4.78, 5) is 38.0. The van der Waals surface area contributed by atoms with Gasteiger partial charge >= 0.3 is 12.1 Å². The molecule has 3 atom stereocenters. The van der Waals surface area contributed by atoms with Gasteiger partial charge in [-0.05, 0) is 40.5 Å². The summed E-state index contributed by atoms with van der Waals surface area (Å²) in [5.41, 5.74) is 4.51. The van der Waals surface area contributed by atoms with Crippen molar-refractivity contribution in [3.63, 3.8) is 0 Å². The third-order valence-corrected chi connectivity index (χ3v) is 6.85. The number of carboxylic acid groups (broad SMARTS) is 1. The van der Waals surface area contributed by atoms with Gasteiger partial charge in [-0.2, -0.15) is 0 Å². The zero-order valence-corrected chi connectivity index (χ0v) is 16.5. The number of aliphatic carboxylic acids is 1. The van der Waals surface area contributed by atoms with Crippen LogP contribution in [0.3, 0.4) is 0 Å². The van der Waals surface area contributed by atoms with Crippen LogP contribution in [0, 0.1) is 11.8 Å². The first-order chi connectivity index (χ1) is 14.5. The Labute approximate surface area is 174 Å². The number of amides is 1. The number of rotatable bonds is 3. The fourth-order valence-electron chi connectivity index (χ4n) is 5.50. The van der Waals surface area contributed by atoms with Crippen LogP contribution < -0.4 is 0 Å². The van der Waals surface area contributed by atoms with Crippen LogP contribution in [0.25, 0.3) is 11.1 Å². The van der Waals surface area contributed by atoms with Gasteiger partial charge in [0.25, 0.3) is 0 Å². The summed E-state index contributed by atoms with van der Waals surface area (Å²) >= 11 is 0. The standard InChI is InChI=1S/C24H23NO5/c26-15-9-10-16-14(11-15)12-25(22(16)23(27)28)24(29)30-13-21-19-7-3-1-5-17(19)18-6-2-4-8-20(18)21/h1-8,14,16,21-22H,9-13H2,(H,27,28)/t14-,16-,22-/m1/s1. The molecule has 30 heavy (non-hydrogen) atoms. The Morgan fingerprint density at radius 3 is 2.30 bits per heavy atom. The van der Waals surface area contributed by atoms with Crippen LogP contribution in [0.15, 0.2) is 48.5 Å². The van der Waals surface area contributed by atoms with Gasteiger partial charge in [-0.25, -0.2) is 9.59 Å². The Morgan fingerprint density at radius 1 is 1.03 bits per heavy atom. The van der Waals surface area contributed by atoms with Crippen LogP contribution in [0.4, 0.5) is 4.79 Å². The summed E-state index contributed by atoms with van der Waals surface area (Å²) in [6, 6.07) is 15.2. The molecular weight excluding hydrogens is 382 g/mol. The van der Waals surface area contributed by atoms with E-state index < -0.39 is 18.1 Å². The van der Waals surface area contributed by atoms with Gasteiger partial charge in [-0.3, -0.25) is 9.69 Å². The van der Waals surface area contributed by atoms with Crippen LogP contribution in [0.5, 0.6) is 0 Å². The molecule has 154 valence electrons. The number of fused-ring (bicyclic) bond motifs is 4. The highest BCUT2D eigenvalue weighted by Gasteiger charge is 2.50. The van der Waals surface area contributed by atoms with Crippen molar-refractivity contribution in [2.75, 3.05) is 13.2 Å². The van der Waals surface area contributed by atoms with Crippen molar-refractivity contribution in [1.29, 1.82) is 0 Å². The van der Waals surface area contributed by atoms with Gasteiger partial charge in [0.2, 0.25) is 0 Å². The molecule has 2 aromatic rings. The Bertz CT molecular complexity index is 986. The number of likely N-dealkylation sites (tertiary alicyclic amines) is 1. The SMILES string of the molecule is O=C1CC[C@@H]2[C@H](C1)CN(C(=O)OCC1c3ccccc3-c3ccccc31)[C@H]2C(=O)O. The van der Waals surface area contributed by atoms with Crippen molar-refractivity contribution >= 4 is 17.8 Å². The second-order valence-corrected chi connectivity index (χ2v) is 8.44. The van der Waals surface area contributed by atoms with E-state index in [4.69, 9.17) is 4.74 Å². The van der Waals surface area contributed by atoms with Crippen molar-refractivity contribution in [1.82, 2.24) is 4.90 Å². The molecule has 0 bridgehead atoms. The number of Topliss-reactive ketones (excluding diaryl/α,β-unsaturated/α-hetero) is 1. The molecule has 3 aliphatic rings. The van der Waals surface area contributed by atoms with E-state index >= 15 is 0 Å². The second-order valence-electron chi connectivity index (χ2n) is 8.44. The lowest BCUT2D eigenvalue weighted by Gasteiger charge is -2.26. The number of nitrogens with zero attached hydrogens (tertiary/aromatic N) is 1. The quantitative estimate of drug-likeness (QED) is 0.842. The van der Waals surface area contributed by atoms with E-state index in [0.29, 0.717) is 19.3 Å². The molecule has 2 aliphatic carbocycles. The zero-order chi connectivity index (χ0) is 20.8. The first-order valence-electron chi connectivity index (χ1n) is 10.4. The van der Waals surface area contributed by atoms with Crippen molar-refractivity contribution in [2.24, 2.45) is 11.8 Å². The summed E-state index contributed by atoms with van der Waals surface area (Å²) in [6.45, 7) is 0.425. The highest BCUT2D eigenvalue weighted by molar-refractivity contribution is 5.84. The lowest BCUT2D eigenvalue weighted by molar-refractivity contribution is -0.143. The average Bonchev–Trinajstić information content (AvgIpc) is 3.28. The minimum atomic E-state index is -1.02. The molecule has 2 fully saturated rings. The third kappa shape index (κ3) is 2.98. The number of benzene rings is 2. The smallest absolute Gasteiger partial charge is 0.410 e. The molecule has 5 rings (SSSR count). The van der Waals surface area contributed by atoms with E-state index in [2.05, 4.69) is 12.1 Å². The number of ether oxygens (including phenoxy) is 1. The maximum Gasteiger partial charge on any atom is 0.410 e. The van der Waals surface area contributed by atoms with E-state index in [0.717, 1.165) is 22.3 Å². The Hall–Kier alpha value is -3.15. The van der Waals surface area contributed by atoms with Crippen molar-refractivity contribution in [3.8, 4) is 11.1 Å². The molecule has 1 saturated carbocycles. The van der Waals surface area contributed by atoms with Crippen LogP contribution in [-0.2, 0) is 14.3 Å². The number of ketones is 1. The maximum absolute atomic E-state index is 12.9. The molecule has 1 saturated heterocycles. The average molecular weight is 405 g/mol. The summed E-state index contributed by atoms with van der Waals surface area (Å²) < 4.78 is 5.68. The fraction of sp³-hybridized carbons (Fsp3) is 0.375. The van der Waals surface area contributed by atoms with E-state index in [1.807, 2.05) is 36.4 Å². The molecule has 2 aromatic carbocycles. The largest absolute Gasteiger partial charge is 0.480 e. The Balaban J connectivity index is 1.35. The first-order valence-corrected chi connectivity index (χ1v) is 10.4. The summed E-state index contributed by atoms with van der Waals surface area (Å²) in [7, 11) is 0. The van der Waals surface area contributed by atoms with Gasteiger partial charge in [0.1, 0.15) is 18.4 Å². The predicted molar refractivity (Wildman–Crippen MR) is 109 cm³/mol. The lowest BCUT2D eigenvalue weighted by atomic mass is 9.78. The van der Waals surface area contributed by atoms with Crippen LogP contribution in [0.2, 0.25) is 0 Å². The van der Waals surface area contributed by atoms with Crippen molar-refractivity contribution < 1.29 is 24.2 Å². The van der Waals surface area contributed by atoms with Gasteiger partial charge in [0.15, 0.2) is 0 Å². The Morgan fingerprint density at radius 2 is 1.67 bits per heavy atom. The molecular formula is C24H23NO5. The number of hydrogen-bond acceptors (Lipinski definition) is 4. The van der Waals surface area contributed by atoms with Gasteiger partial charge in [0, 0.05) is 25.3 Å². The Kier molecular flexibility index (Phi) is 4.57. The highest BCUT2D eigenvalue weighted by atomic mass is 16.6. The second kappa shape index (κ2) is 7.27. The number of carbonyl (C=O) groups excluding carboxylic acids is 2. The van der Waals surface area contributed by atoms with E-state index in [9.17, 15) is 19.5 Å². The number of hydrogen-bond donors (Lipinski definition) is 1.